The molecule has 1 N–H and O–H groups in total. The molecule has 0 radical (unpaired) electrons. The number of nitrogens with zero attached hydrogens (tertiary/aromatic N) is 3. The summed E-state index contributed by atoms with van der Waals surface area (Å²) in [6.45, 7) is 5.32. The average Bonchev–Trinajstić information content (AvgIpc) is 3.27. The van der Waals surface area contributed by atoms with Gasteiger partial charge in [-0.15, -0.1) is 23.7 Å². The minimum Gasteiger partial charge on any atom is -0.495 e. The minimum atomic E-state index is -0.212. The zero-order valence-corrected chi connectivity index (χ0v) is 24.2. The number of benzene rings is 2. The molecule has 38 heavy (non-hydrogen) atoms. The van der Waals surface area contributed by atoms with Crippen LogP contribution in [0.25, 0.3) is 10.2 Å². The molecule has 4 aromatic rings. The third kappa shape index (κ3) is 6.02. The maximum atomic E-state index is 13.8. The standard InChI is InChI=1S/C27H27ClN4O3S2.ClH/c1-3-31-12-11-19-22(15-31)37-25-24(19)26(34)32(14-17-7-5-4-6-8-17)27(30-25)36-16-23(33)29-18-9-10-21(35-2)20(28)13-18;/h4-10,13H,3,11-12,14-16H2,1-2H3,(H,29,33);1H. The Morgan fingerprint density at radius 2 is 2.03 bits per heavy atom. The van der Waals surface area contributed by atoms with Gasteiger partial charge in [-0.1, -0.05) is 60.6 Å². The van der Waals surface area contributed by atoms with E-state index in [2.05, 4.69) is 17.1 Å². The van der Waals surface area contributed by atoms with Crippen molar-refractivity contribution in [2.45, 2.75) is 31.6 Å². The topological polar surface area (TPSA) is 76.5 Å². The van der Waals surface area contributed by atoms with Crippen LogP contribution in [0.15, 0.2) is 58.5 Å². The van der Waals surface area contributed by atoms with Crippen LogP contribution in [0, 0.1) is 0 Å². The lowest BCUT2D eigenvalue weighted by Crippen LogP contribution is -2.30. The number of halogens is 2. The summed E-state index contributed by atoms with van der Waals surface area (Å²) in [4.78, 5) is 35.9. The Hall–Kier alpha value is -2.56. The highest BCUT2D eigenvalue weighted by atomic mass is 35.5. The first-order chi connectivity index (χ1) is 18.0. The molecule has 0 saturated carbocycles. The molecule has 0 saturated heterocycles. The van der Waals surface area contributed by atoms with Gasteiger partial charge >= 0.3 is 0 Å². The maximum absolute atomic E-state index is 13.8. The number of likely N-dealkylation sites (N-methyl/N-ethyl adjacent to an activating group) is 1. The van der Waals surface area contributed by atoms with Crippen LogP contribution in [0.4, 0.5) is 5.69 Å². The van der Waals surface area contributed by atoms with E-state index in [0.717, 1.165) is 47.4 Å². The van der Waals surface area contributed by atoms with Crippen molar-refractivity contribution in [3.8, 4) is 5.75 Å². The molecule has 0 spiro atoms. The molecule has 2 aromatic carbocycles. The molecule has 1 aliphatic heterocycles. The van der Waals surface area contributed by atoms with Crippen LogP contribution in [0.2, 0.25) is 5.02 Å². The molecule has 11 heteroatoms. The summed E-state index contributed by atoms with van der Waals surface area (Å²) in [6, 6.07) is 14.9. The first-order valence-corrected chi connectivity index (χ1v) is 14.2. The Balaban J connectivity index is 0.00000336. The number of hydrogen-bond acceptors (Lipinski definition) is 7. The second-order valence-electron chi connectivity index (χ2n) is 8.76. The van der Waals surface area contributed by atoms with E-state index < -0.39 is 0 Å². The molecule has 3 heterocycles. The van der Waals surface area contributed by atoms with E-state index in [-0.39, 0.29) is 29.6 Å². The summed E-state index contributed by atoms with van der Waals surface area (Å²) in [7, 11) is 1.54. The number of fused-ring (bicyclic) bond motifs is 3. The fraction of sp³-hybridized carbons (Fsp3) is 0.296. The van der Waals surface area contributed by atoms with Gasteiger partial charge in [0.2, 0.25) is 5.91 Å². The number of amides is 1. The lowest BCUT2D eigenvalue weighted by Gasteiger charge is -2.25. The summed E-state index contributed by atoms with van der Waals surface area (Å²) < 4.78 is 6.88. The molecule has 7 nitrogen and oxygen atoms in total. The molecule has 5 rings (SSSR count). The Morgan fingerprint density at radius 1 is 1.24 bits per heavy atom. The Bertz CT molecular complexity index is 1510. The fourth-order valence-corrected chi connectivity index (χ4v) is 6.83. The predicted octanol–water partition coefficient (Wildman–Crippen LogP) is 5.70. The Morgan fingerprint density at radius 3 is 2.74 bits per heavy atom. The van der Waals surface area contributed by atoms with Gasteiger partial charge in [0.1, 0.15) is 10.6 Å². The van der Waals surface area contributed by atoms with Crippen LogP contribution in [-0.2, 0) is 24.3 Å². The van der Waals surface area contributed by atoms with E-state index in [4.69, 9.17) is 21.3 Å². The van der Waals surface area contributed by atoms with Gasteiger partial charge in [0, 0.05) is 23.7 Å². The molecule has 200 valence electrons. The molecule has 0 unspecified atom stereocenters. The molecular formula is C27H28Cl2N4O3S2. The van der Waals surface area contributed by atoms with Crippen molar-refractivity contribution in [2.75, 3.05) is 31.3 Å². The van der Waals surface area contributed by atoms with Crippen molar-refractivity contribution in [3.05, 3.63) is 79.9 Å². The van der Waals surface area contributed by atoms with Gasteiger partial charge in [-0.2, -0.15) is 0 Å². The molecule has 0 fully saturated rings. The number of rotatable bonds is 8. The van der Waals surface area contributed by atoms with E-state index in [9.17, 15) is 9.59 Å². The van der Waals surface area contributed by atoms with Gasteiger partial charge in [-0.05, 0) is 42.3 Å². The normalized spacial score (nSPS) is 13.1. The second kappa shape index (κ2) is 12.5. The number of aromatic nitrogens is 2. The first kappa shape index (κ1) is 28.4. The highest BCUT2D eigenvalue weighted by Gasteiger charge is 2.25. The van der Waals surface area contributed by atoms with Crippen molar-refractivity contribution >= 4 is 68.9 Å². The van der Waals surface area contributed by atoms with Crippen LogP contribution in [0.3, 0.4) is 0 Å². The van der Waals surface area contributed by atoms with Crippen molar-refractivity contribution in [2.24, 2.45) is 0 Å². The third-order valence-corrected chi connectivity index (χ3v) is 8.79. The van der Waals surface area contributed by atoms with Gasteiger partial charge in [0.05, 0.1) is 29.8 Å². The van der Waals surface area contributed by atoms with Gasteiger partial charge in [-0.25, -0.2) is 4.98 Å². The average molecular weight is 592 g/mol. The summed E-state index contributed by atoms with van der Waals surface area (Å²) in [5.74, 6) is 0.429. The van der Waals surface area contributed by atoms with Crippen molar-refractivity contribution in [1.29, 1.82) is 0 Å². The van der Waals surface area contributed by atoms with Crippen LogP contribution in [-0.4, -0.2) is 46.3 Å². The molecule has 1 aliphatic rings. The number of ether oxygens (including phenoxy) is 1. The van der Waals surface area contributed by atoms with E-state index >= 15 is 0 Å². The number of thiophene rings is 1. The lowest BCUT2D eigenvalue weighted by molar-refractivity contribution is -0.113. The van der Waals surface area contributed by atoms with Crippen LogP contribution >= 0.6 is 47.1 Å². The largest absolute Gasteiger partial charge is 0.495 e. The molecule has 1 amide bonds. The number of nitrogens with one attached hydrogen (secondary N) is 1. The third-order valence-electron chi connectivity index (χ3n) is 6.40. The minimum absolute atomic E-state index is 0. The van der Waals surface area contributed by atoms with Crippen LogP contribution in [0.5, 0.6) is 5.75 Å². The van der Waals surface area contributed by atoms with Crippen LogP contribution < -0.4 is 15.6 Å². The Labute approximate surface area is 240 Å². The van der Waals surface area contributed by atoms with Crippen LogP contribution in [0.1, 0.15) is 22.9 Å². The number of thioether (sulfide) groups is 1. The molecule has 0 bridgehead atoms. The molecule has 0 atom stereocenters. The summed E-state index contributed by atoms with van der Waals surface area (Å²) in [5, 5.41) is 4.54. The quantitative estimate of drug-likeness (QED) is 0.209. The molecule has 2 aromatic heterocycles. The zero-order valence-electron chi connectivity index (χ0n) is 21.0. The highest BCUT2D eigenvalue weighted by molar-refractivity contribution is 7.99. The number of carbonyl (C=O) groups is 1. The predicted molar refractivity (Wildman–Crippen MR) is 159 cm³/mol. The van der Waals surface area contributed by atoms with Crippen molar-refractivity contribution < 1.29 is 9.53 Å². The van der Waals surface area contributed by atoms with E-state index in [1.165, 1.54) is 16.6 Å². The second-order valence-corrected chi connectivity index (χ2v) is 11.2. The molecular weight excluding hydrogens is 563 g/mol. The van der Waals surface area contributed by atoms with Crippen molar-refractivity contribution in [3.63, 3.8) is 0 Å². The number of carbonyl (C=O) groups excluding carboxylic acids is 1. The maximum Gasteiger partial charge on any atom is 0.263 e. The molecule has 0 aliphatic carbocycles. The zero-order chi connectivity index (χ0) is 25.9. The van der Waals surface area contributed by atoms with Gasteiger partial charge < -0.3 is 10.1 Å². The summed E-state index contributed by atoms with van der Waals surface area (Å²) >= 11 is 9.05. The van der Waals surface area contributed by atoms with E-state index in [0.29, 0.717) is 28.2 Å². The lowest BCUT2D eigenvalue weighted by atomic mass is 10.1. The number of anilines is 1. The van der Waals surface area contributed by atoms with Crippen molar-refractivity contribution in [1.82, 2.24) is 14.5 Å². The summed E-state index contributed by atoms with van der Waals surface area (Å²) in [6.07, 6.45) is 0.852. The number of hydrogen-bond donors (Lipinski definition) is 1. The number of methoxy groups -OCH3 is 1. The Kier molecular flexibility index (Phi) is 9.38. The first-order valence-electron chi connectivity index (χ1n) is 12.0. The van der Waals surface area contributed by atoms with E-state index in [1.54, 1.807) is 41.2 Å². The van der Waals surface area contributed by atoms with Gasteiger partial charge in [-0.3, -0.25) is 19.1 Å². The fourth-order valence-electron chi connectivity index (χ4n) is 4.47. The SMILES string of the molecule is CCN1CCc2c(sc3nc(SCC(=O)Nc4ccc(OC)c(Cl)c4)n(Cc4ccccc4)c(=O)c23)C1.Cl. The van der Waals surface area contributed by atoms with Gasteiger partial charge in [0.15, 0.2) is 5.16 Å². The van der Waals surface area contributed by atoms with Gasteiger partial charge in [0.25, 0.3) is 5.56 Å². The highest BCUT2D eigenvalue weighted by Crippen LogP contribution is 2.34. The van der Waals surface area contributed by atoms with E-state index in [1.807, 2.05) is 30.3 Å². The monoisotopic (exact) mass is 590 g/mol. The summed E-state index contributed by atoms with van der Waals surface area (Å²) in [5.41, 5.74) is 2.68. The smallest absolute Gasteiger partial charge is 0.263 e.